The Hall–Kier alpha value is -2.37. The van der Waals surface area contributed by atoms with E-state index in [4.69, 9.17) is 10.4 Å². The second kappa shape index (κ2) is 8.73. The molecule has 1 amide bonds. The molecule has 0 aliphatic carbocycles. The van der Waals surface area contributed by atoms with Gasteiger partial charge in [0.1, 0.15) is 0 Å². The number of carbonyl (C=O) groups is 1. The first-order chi connectivity index (χ1) is 10.1. The van der Waals surface area contributed by atoms with Gasteiger partial charge in [0, 0.05) is 31.4 Å². The molecule has 21 heavy (non-hydrogen) atoms. The van der Waals surface area contributed by atoms with Crippen molar-refractivity contribution in [2.45, 2.75) is 32.7 Å². The Morgan fingerprint density at radius 1 is 1.48 bits per heavy atom. The fourth-order valence-electron chi connectivity index (χ4n) is 1.81. The molecule has 5 nitrogen and oxygen atoms in total. The number of rotatable bonds is 5. The number of aromatic nitrogens is 1. The van der Waals surface area contributed by atoms with E-state index in [9.17, 15) is 4.79 Å². The Bertz CT molecular complexity index is 579. The molecule has 0 aliphatic rings. The number of nitriles is 1. The fourth-order valence-corrected chi connectivity index (χ4v) is 1.81. The molecule has 110 valence electrons. The van der Waals surface area contributed by atoms with Crippen LogP contribution in [0.25, 0.3) is 0 Å². The van der Waals surface area contributed by atoms with Gasteiger partial charge >= 0.3 is 0 Å². The first kappa shape index (κ1) is 16.7. The van der Waals surface area contributed by atoms with Crippen LogP contribution in [0.5, 0.6) is 0 Å². The Morgan fingerprint density at radius 2 is 2.24 bits per heavy atom. The van der Waals surface area contributed by atoms with Crippen LogP contribution in [-0.4, -0.2) is 40.1 Å². The third-order valence-corrected chi connectivity index (χ3v) is 2.86. The predicted octanol–water partition coefficient (Wildman–Crippen LogP) is 1.58. The Labute approximate surface area is 125 Å². The number of hydrogen-bond acceptors (Lipinski definition) is 4. The van der Waals surface area contributed by atoms with Crippen LogP contribution >= 0.6 is 0 Å². The van der Waals surface area contributed by atoms with E-state index in [1.165, 1.54) is 0 Å². The maximum atomic E-state index is 12.6. The molecule has 0 aliphatic heterocycles. The first-order valence-corrected chi connectivity index (χ1v) is 6.83. The van der Waals surface area contributed by atoms with Crippen molar-refractivity contribution in [3.05, 3.63) is 29.6 Å². The SMILES string of the molecule is CC(C)N(CCC#N)C(=O)c1ccncc1C#CCCO. The number of nitrogens with zero attached hydrogens (tertiary/aromatic N) is 3. The highest BCUT2D eigenvalue weighted by Gasteiger charge is 2.20. The van der Waals surface area contributed by atoms with Gasteiger partial charge in [0.05, 0.1) is 30.2 Å². The minimum Gasteiger partial charge on any atom is -0.395 e. The zero-order chi connectivity index (χ0) is 15.7. The molecule has 0 saturated heterocycles. The molecule has 1 aromatic heterocycles. The summed E-state index contributed by atoms with van der Waals surface area (Å²) in [5, 5.41) is 17.5. The van der Waals surface area contributed by atoms with Crippen LogP contribution in [0, 0.1) is 23.2 Å². The van der Waals surface area contributed by atoms with Crippen LogP contribution in [0.2, 0.25) is 0 Å². The summed E-state index contributed by atoms with van der Waals surface area (Å²) in [4.78, 5) is 18.3. The van der Waals surface area contributed by atoms with E-state index in [1.54, 1.807) is 23.4 Å². The van der Waals surface area contributed by atoms with Crippen LogP contribution in [0.4, 0.5) is 0 Å². The van der Waals surface area contributed by atoms with Gasteiger partial charge in [-0.25, -0.2) is 0 Å². The Kier molecular flexibility index (Phi) is 6.94. The van der Waals surface area contributed by atoms with Gasteiger partial charge in [0.15, 0.2) is 0 Å². The highest BCUT2D eigenvalue weighted by molar-refractivity contribution is 5.96. The molecule has 0 saturated carbocycles. The second-order valence-corrected chi connectivity index (χ2v) is 4.70. The maximum absolute atomic E-state index is 12.6. The summed E-state index contributed by atoms with van der Waals surface area (Å²) in [6.45, 7) is 4.19. The van der Waals surface area contributed by atoms with E-state index in [-0.39, 0.29) is 18.6 Å². The summed E-state index contributed by atoms with van der Waals surface area (Å²) in [6, 6.07) is 3.68. The third-order valence-electron chi connectivity index (χ3n) is 2.86. The molecule has 5 heteroatoms. The van der Waals surface area contributed by atoms with E-state index >= 15 is 0 Å². The van der Waals surface area contributed by atoms with Gasteiger partial charge in [0.25, 0.3) is 5.91 Å². The summed E-state index contributed by atoms with van der Waals surface area (Å²) < 4.78 is 0. The molecule has 1 aromatic rings. The Balaban J connectivity index is 3.06. The second-order valence-electron chi connectivity index (χ2n) is 4.70. The molecular formula is C16H19N3O2. The lowest BCUT2D eigenvalue weighted by Crippen LogP contribution is -2.38. The smallest absolute Gasteiger partial charge is 0.255 e. The van der Waals surface area contributed by atoms with Gasteiger partial charge < -0.3 is 10.0 Å². The van der Waals surface area contributed by atoms with Crippen molar-refractivity contribution in [3.8, 4) is 17.9 Å². The molecule has 0 fully saturated rings. The summed E-state index contributed by atoms with van der Waals surface area (Å²) in [6.07, 6.45) is 3.74. The van der Waals surface area contributed by atoms with E-state index in [2.05, 4.69) is 22.9 Å². The number of carbonyl (C=O) groups excluding carboxylic acids is 1. The standard InChI is InChI=1S/C16H19N3O2/c1-13(2)19(10-5-8-17)16(21)15-7-9-18-12-14(15)6-3-4-11-20/h7,9,12-13,20H,4-5,10-11H2,1-2H3. The summed E-state index contributed by atoms with van der Waals surface area (Å²) in [5.74, 6) is 5.50. The van der Waals surface area contributed by atoms with E-state index in [0.717, 1.165) is 0 Å². The molecule has 0 radical (unpaired) electrons. The minimum absolute atomic E-state index is 0.00253. The van der Waals surface area contributed by atoms with Crippen molar-refractivity contribution in [3.63, 3.8) is 0 Å². The molecule has 1 N–H and O–H groups in total. The van der Waals surface area contributed by atoms with Crippen molar-refractivity contribution >= 4 is 5.91 Å². The van der Waals surface area contributed by atoms with Crippen molar-refractivity contribution in [2.24, 2.45) is 0 Å². The Morgan fingerprint density at radius 3 is 2.86 bits per heavy atom. The van der Waals surface area contributed by atoms with E-state index in [0.29, 0.717) is 30.5 Å². The van der Waals surface area contributed by atoms with Gasteiger partial charge in [-0.15, -0.1) is 0 Å². The predicted molar refractivity (Wildman–Crippen MR) is 79.2 cm³/mol. The van der Waals surface area contributed by atoms with E-state index in [1.807, 2.05) is 13.8 Å². The minimum atomic E-state index is -0.157. The molecule has 0 atom stereocenters. The molecule has 1 heterocycles. The summed E-state index contributed by atoms with van der Waals surface area (Å²) in [7, 11) is 0. The molecule has 0 spiro atoms. The van der Waals surface area contributed by atoms with Crippen LogP contribution in [0.15, 0.2) is 18.5 Å². The zero-order valence-corrected chi connectivity index (χ0v) is 12.3. The molecule has 1 rings (SSSR count). The fraction of sp³-hybridized carbons (Fsp3) is 0.438. The van der Waals surface area contributed by atoms with Crippen LogP contribution in [0.1, 0.15) is 42.6 Å². The lowest BCUT2D eigenvalue weighted by Gasteiger charge is -2.26. The number of aliphatic hydroxyl groups is 1. The normalized spacial score (nSPS) is 9.67. The average Bonchev–Trinajstić information content (AvgIpc) is 2.48. The van der Waals surface area contributed by atoms with Gasteiger partial charge in [-0.3, -0.25) is 9.78 Å². The van der Waals surface area contributed by atoms with Crippen molar-refractivity contribution in [1.29, 1.82) is 5.26 Å². The van der Waals surface area contributed by atoms with Gasteiger partial charge in [0.2, 0.25) is 0 Å². The maximum Gasteiger partial charge on any atom is 0.255 e. The molecule has 0 bridgehead atoms. The highest BCUT2D eigenvalue weighted by atomic mass is 16.2. The topological polar surface area (TPSA) is 77.2 Å². The monoisotopic (exact) mass is 285 g/mol. The third kappa shape index (κ3) is 4.91. The summed E-state index contributed by atoms with van der Waals surface area (Å²) in [5.41, 5.74) is 1.01. The molecule has 0 aromatic carbocycles. The summed E-state index contributed by atoms with van der Waals surface area (Å²) >= 11 is 0. The van der Waals surface area contributed by atoms with Gasteiger partial charge in [-0.2, -0.15) is 5.26 Å². The van der Waals surface area contributed by atoms with Gasteiger partial charge in [-0.1, -0.05) is 11.8 Å². The number of aliphatic hydroxyl groups excluding tert-OH is 1. The van der Waals surface area contributed by atoms with Crippen molar-refractivity contribution in [2.75, 3.05) is 13.2 Å². The number of amides is 1. The largest absolute Gasteiger partial charge is 0.395 e. The number of hydrogen-bond donors (Lipinski definition) is 1. The molecular weight excluding hydrogens is 266 g/mol. The quantitative estimate of drug-likeness (QED) is 0.833. The average molecular weight is 285 g/mol. The van der Waals surface area contributed by atoms with Crippen LogP contribution in [-0.2, 0) is 0 Å². The van der Waals surface area contributed by atoms with Gasteiger partial charge in [-0.05, 0) is 19.9 Å². The number of pyridine rings is 1. The van der Waals surface area contributed by atoms with Crippen LogP contribution < -0.4 is 0 Å². The zero-order valence-electron chi connectivity index (χ0n) is 12.3. The van der Waals surface area contributed by atoms with Crippen molar-refractivity contribution < 1.29 is 9.90 Å². The lowest BCUT2D eigenvalue weighted by atomic mass is 10.1. The molecule has 0 unspecified atom stereocenters. The highest BCUT2D eigenvalue weighted by Crippen LogP contribution is 2.12. The first-order valence-electron chi connectivity index (χ1n) is 6.83. The lowest BCUT2D eigenvalue weighted by molar-refractivity contribution is 0.0710. The van der Waals surface area contributed by atoms with Crippen molar-refractivity contribution in [1.82, 2.24) is 9.88 Å². The van der Waals surface area contributed by atoms with E-state index < -0.39 is 0 Å². The van der Waals surface area contributed by atoms with Crippen LogP contribution in [0.3, 0.4) is 0 Å².